The van der Waals surface area contributed by atoms with Crippen LogP contribution in [0.1, 0.15) is 35.5 Å². The summed E-state index contributed by atoms with van der Waals surface area (Å²) in [6.45, 7) is 4.73. The summed E-state index contributed by atoms with van der Waals surface area (Å²) in [5.74, 6) is -0.106. The van der Waals surface area contributed by atoms with Gasteiger partial charge in [-0.3, -0.25) is 4.79 Å². The molecule has 5 heteroatoms. The third-order valence-corrected chi connectivity index (χ3v) is 5.12. The summed E-state index contributed by atoms with van der Waals surface area (Å²) in [7, 11) is 0. The number of ether oxygens (including phenoxy) is 1. The maximum Gasteiger partial charge on any atom is 0.255 e. The SMILES string of the molecule is CC1(C)Cc2nc3scc(NC(=O)c4ccccc4)c3cc2CO1. The normalized spacial score (nSPS) is 15.9. The molecule has 1 aromatic carbocycles. The third kappa shape index (κ3) is 2.81. The zero-order valence-corrected chi connectivity index (χ0v) is 14.4. The monoisotopic (exact) mass is 338 g/mol. The Morgan fingerprint density at radius 1 is 1.29 bits per heavy atom. The maximum absolute atomic E-state index is 12.4. The van der Waals surface area contributed by atoms with Gasteiger partial charge >= 0.3 is 0 Å². The number of carbonyl (C=O) groups is 1. The lowest BCUT2D eigenvalue weighted by Gasteiger charge is -2.31. The Kier molecular flexibility index (Phi) is 3.62. The van der Waals surface area contributed by atoms with Crippen LogP contribution < -0.4 is 5.32 Å². The van der Waals surface area contributed by atoms with Crippen LogP contribution in [0, 0.1) is 0 Å². The lowest BCUT2D eigenvalue weighted by molar-refractivity contribution is -0.0411. The van der Waals surface area contributed by atoms with Gasteiger partial charge in [-0.2, -0.15) is 0 Å². The van der Waals surface area contributed by atoms with Gasteiger partial charge < -0.3 is 10.1 Å². The highest BCUT2D eigenvalue weighted by molar-refractivity contribution is 7.17. The van der Waals surface area contributed by atoms with Gasteiger partial charge in [0, 0.05) is 28.3 Å². The van der Waals surface area contributed by atoms with E-state index in [0.717, 1.165) is 33.6 Å². The van der Waals surface area contributed by atoms with E-state index in [4.69, 9.17) is 9.72 Å². The molecule has 1 N–H and O–H groups in total. The van der Waals surface area contributed by atoms with E-state index in [1.54, 1.807) is 23.5 Å². The van der Waals surface area contributed by atoms with Crippen LogP contribution in [0.5, 0.6) is 0 Å². The zero-order chi connectivity index (χ0) is 16.7. The van der Waals surface area contributed by atoms with Gasteiger partial charge in [-0.15, -0.1) is 11.3 Å². The van der Waals surface area contributed by atoms with Crippen LogP contribution in [0.4, 0.5) is 5.69 Å². The molecule has 0 radical (unpaired) electrons. The highest BCUT2D eigenvalue weighted by Crippen LogP contribution is 2.34. The molecule has 24 heavy (non-hydrogen) atoms. The van der Waals surface area contributed by atoms with Crippen molar-refractivity contribution < 1.29 is 9.53 Å². The van der Waals surface area contributed by atoms with Gasteiger partial charge in [0.25, 0.3) is 5.91 Å². The standard InChI is InChI=1S/C19H18N2O2S/c1-19(2)9-15-13(10-23-19)8-14-16(11-24-18(14)21-15)20-17(22)12-6-4-3-5-7-12/h3-8,11H,9-10H2,1-2H3,(H,20,22). The summed E-state index contributed by atoms with van der Waals surface area (Å²) in [6.07, 6.45) is 0.807. The molecule has 0 saturated heterocycles. The third-order valence-electron chi connectivity index (χ3n) is 4.23. The van der Waals surface area contributed by atoms with Gasteiger partial charge in [0.1, 0.15) is 4.83 Å². The van der Waals surface area contributed by atoms with Crippen LogP contribution in [0.3, 0.4) is 0 Å². The first-order valence-electron chi connectivity index (χ1n) is 7.92. The summed E-state index contributed by atoms with van der Waals surface area (Å²) in [6, 6.07) is 11.3. The number of amides is 1. The molecule has 3 aromatic rings. The molecule has 0 spiro atoms. The molecule has 2 aromatic heterocycles. The first-order chi connectivity index (χ1) is 11.5. The van der Waals surface area contributed by atoms with Crippen LogP contribution in [0.25, 0.3) is 10.2 Å². The van der Waals surface area contributed by atoms with Crippen molar-refractivity contribution in [1.29, 1.82) is 0 Å². The Morgan fingerprint density at radius 2 is 2.08 bits per heavy atom. The number of hydrogen-bond donors (Lipinski definition) is 1. The number of thiophene rings is 1. The van der Waals surface area contributed by atoms with Gasteiger partial charge in [-0.25, -0.2) is 4.98 Å². The molecule has 0 fully saturated rings. The summed E-state index contributed by atoms with van der Waals surface area (Å²) < 4.78 is 5.88. The average Bonchev–Trinajstić information content (AvgIpc) is 2.95. The van der Waals surface area contributed by atoms with E-state index < -0.39 is 0 Å². The molecule has 0 saturated carbocycles. The average molecular weight is 338 g/mol. The van der Waals surface area contributed by atoms with Crippen LogP contribution >= 0.6 is 11.3 Å². The van der Waals surface area contributed by atoms with Crippen molar-refractivity contribution in [2.24, 2.45) is 0 Å². The van der Waals surface area contributed by atoms with Crippen molar-refractivity contribution in [2.75, 3.05) is 5.32 Å². The maximum atomic E-state index is 12.4. The van der Waals surface area contributed by atoms with Crippen molar-refractivity contribution in [2.45, 2.75) is 32.5 Å². The van der Waals surface area contributed by atoms with Gasteiger partial charge in [-0.05, 0) is 32.0 Å². The van der Waals surface area contributed by atoms with Crippen molar-refractivity contribution in [3.8, 4) is 0 Å². The molecule has 3 heterocycles. The molecular formula is C19H18N2O2S. The number of fused-ring (bicyclic) bond motifs is 2. The number of hydrogen-bond acceptors (Lipinski definition) is 4. The molecule has 4 nitrogen and oxygen atoms in total. The van der Waals surface area contributed by atoms with E-state index in [-0.39, 0.29) is 11.5 Å². The molecular weight excluding hydrogens is 320 g/mol. The minimum atomic E-state index is -0.171. The second-order valence-corrected chi connectivity index (χ2v) is 7.50. The molecule has 0 aliphatic carbocycles. The van der Waals surface area contributed by atoms with Gasteiger partial charge in [-0.1, -0.05) is 18.2 Å². The number of nitrogens with one attached hydrogen (secondary N) is 1. The Hall–Kier alpha value is -2.24. The topological polar surface area (TPSA) is 51.2 Å². The lowest BCUT2D eigenvalue weighted by atomic mass is 9.95. The number of anilines is 1. The molecule has 1 aliphatic heterocycles. The van der Waals surface area contributed by atoms with Crippen LogP contribution in [-0.2, 0) is 17.8 Å². The van der Waals surface area contributed by atoms with E-state index in [0.29, 0.717) is 12.2 Å². The van der Waals surface area contributed by atoms with Crippen LogP contribution in [-0.4, -0.2) is 16.5 Å². The van der Waals surface area contributed by atoms with E-state index in [9.17, 15) is 4.79 Å². The second kappa shape index (κ2) is 5.69. The summed E-state index contributed by atoms with van der Waals surface area (Å²) >= 11 is 1.56. The van der Waals surface area contributed by atoms with E-state index in [1.165, 1.54) is 0 Å². The molecule has 122 valence electrons. The van der Waals surface area contributed by atoms with Crippen molar-refractivity contribution in [3.63, 3.8) is 0 Å². The molecule has 4 rings (SSSR count). The quantitative estimate of drug-likeness (QED) is 0.753. The van der Waals surface area contributed by atoms with Crippen molar-refractivity contribution in [1.82, 2.24) is 4.98 Å². The second-order valence-electron chi connectivity index (χ2n) is 6.64. The van der Waals surface area contributed by atoms with Gasteiger partial charge in [0.2, 0.25) is 0 Å². The number of carbonyl (C=O) groups excluding carboxylic acids is 1. The number of pyridine rings is 1. The fraction of sp³-hybridized carbons (Fsp3) is 0.263. The van der Waals surface area contributed by atoms with Crippen molar-refractivity contribution >= 4 is 33.1 Å². The number of benzene rings is 1. The zero-order valence-electron chi connectivity index (χ0n) is 13.6. The molecule has 0 unspecified atom stereocenters. The first-order valence-corrected chi connectivity index (χ1v) is 8.80. The Bertz CT molecular complexity index is 916. The number of rotatable bonds is 2. The largest absolute Gasteiger partial charge is 0.370 e. The number of nitrogens with zero attached hydrogens (tertiary/aromatic N) is 1. The summed E-state index contributed by atoms with van der Waals surface area (Å²) in [4.78, 5) is 18.1. The molecule has 0 atom stereocenters. The van der Waals surface area contributed by atoms with E-state index in [2.05, 4.69) is 25.2 Å². The fourth-order valence-corrected chi connectivity index (χ4v) is 3.80. The summed E-state index contributed by atoms with van der Waals surface area (Å²) in [5, 5.41) is 5.93. The van der Waals surface area contributed by atoms with Crippen LogP contribution in [0.15, 0.2) is 41.8 Å². The van der Waals surface area contributed by atoms with Gasteiger partial charge in [0.05, 0.1) is 23.6 Å². The minimum absolute atomic E-state index is 0.106. The van der Waals surface area contributed by atoms with Gasteiger partial charge in [0.15, 0.2) is 0 Å². The molecule has 1 amide bonds. The highest BCUT2D eigenvalue weighted by Gasteiger charge is 2.27. The summed E-state index contributed by atoms with van der Waals surface area (Å²) in [5.41, 5.74) is 3.49. The van der Waals surface area contributed by atoms with E-state index >= 15 is 0 Å². The lowest BCUT2D eigenvalue weighted by Crippen LogP contribution is -2.32. The Balaban J connectivity index is 1.67. The van der Waals surface area contributed by atoms with Crippen molar-refractivity contribution in [3.05, 3.63) is 58.6 Å². The predicted molar refractivity (Wildman–Crippen MR) is 96.6 cm³/mol. The Morgan fingerprint density at radius 3 is 2.88 bits per heavy atom. The number of aromatic nitrogens is 1. The minimum Gasteiger partial charge on any atom is -0.370 e. The smallest absolute Gasteiger partial charge is 0.255 e. The Labute approximate surface area is 144 Å². The fourth-order valence-electron chi connectivity index (χ4n) is 2.92. The first kappa shape index (κ1) is 15.3. The molecule has 0 bridgehead atoms. The highest BCUT2D eigenvalue weighted by atomic mass is 32.1. The van der Waals surface area contributed by atoms with Crippen LogP contribution in [0.2, 0.25) is 0 Å². The van der Waals surface area contributed by atoms with E-state index in [1.807, 2.05) is 23.6 Å². The molecule has 1 aliphatic rings. The predicted octanol–water partition coefficient (Wildman–Crippen LogP) is 4.40.